The third kappa shape index (κ3) is 4.53. The van der Waals surface area contributed by atoms with Gasteiger partial charge in [0.15, 0.2) is 0 Å². The third-order valence-corrected chi connectivity index (χ3v) is 4.78. The fourth-order valence-electron chi connectivity index (χ4n) is 1.53. The maximum atomic E-state index is 13.3. The van der Waals surface area contributed by atoms with Gasteiger partial charge in [0.25, 0.3) is 0 Å². The summed E-state index contributed by atoms with van der Waals surface area (Å²) < 4.78 is 290. The quantitative estimate of drug-likeness (QED) is 0.236. The van der Waals surface area contributed by atoms with E-state index in [2.05, 4.69) is 0 Å². The predicted molar refractivity (Wildman–Crippen MR) is 61.6 cm³/mol. The van der Waals surface area contributed by atoms with E-state index in [1.807, 2.05) is 0 Å². The molecule has 0 heterocycles. The van der Waals surface area contributed by atoms with Gasteiger partial charge in [0.1, 0.15) is 0 Å². The van der Waals surface area contributed by atoms with Crippen LogP contribution in [0.4, 0.5) is 92.2 Å². The van der Waals surface area contributed by atoms with E-state index in [1.54, 1.807) is 4.18 Å². The monoisotopic (exact) mass is 600 g/mol. The summed E-state index contributed by atoms with van der Waals surface area (Å²) in [6, 6.07) is 0. The van der Waals surface area contributed by atoms with Gasteiger partial charge in [-0.1, -0.05) is 0 Å². The molecule has 1 unspecified atom stereocenters. The molecule has 0 aliphatic rings. The van der Waals surface area contributed by atoms with E-state index < -0.39 is 69.6 Å². The largest absolute Gasteiger partial charge is 0.460 e. The van der Waals surface area contributed by atoms with Crippen molar-refractivity contribution >= 4 is 10.1 Å². The summed E-state index contributed by atoms with van der Waals surface area (Å²) in [7, 11) is -8.63. The van der Waals surface area contributed by atoms with Crippen LogP contribution in [0.3, 0.4) is 0 Å². The summed E-state index contributed by atoms with van der Waals surface area (Å²) in [4.78, 5) is 0. The fraction of sp³-hybridized carbons (Fsp3) is 1.00. The van der Waals surface area contributed by atoms with Crippen LogP contribution < -0.4 is 0 Å². The highest BCUT2D eigenvalue weighted by atomic mass is 32.2. The minimum Gasteiger partial charge on any atom is -0.218 e. The number of alkyl halides is 21. The summed E-state index contributed by atoms with van der Waals surface area (Å²) in [5.74, 6) is -53.7. The molecule has 0 spiro atoms. The maximum Gasteiger partial charge on any atom is 0.460 e. The first kappa shape index (κ1) is 33.4. The molecular formula is C10HF21O3S. The van der Waals surface area contributed by atoms with Crippen molar-refractivity contribution in [1.82, 2.24) is 0 Å². The molecular weight excluding hydrogens is 599 g/mol. The van der Waals surface area contributed by atoms with Gasteiger partial charge in [0.05, 0.1) is 0 Å². The molecule has 0 aliphatic carbocycles. The van der Waals surface area contributed by atoms with Gasteiger partial charge in [0.2, 0.25) is 0 Å². The van der Waals surface area contributed by atoms with Crippen molar-refractivity contribution in [1.29, 1.82) is 0 Å². The van der Waals surface area contributed by atoms with Crippen molar-refractivity contribution in [2.75, 3.05) is 0 Å². The standard InChI is InChI=1S/C10HF21O3S/c11-1(2(12,13)14)34-35(32,33)10(30,31)8(25,26)6(21,22)4(17,18)3(15,16)5(19,20)7(23,24)9(27,28)29/h1H. The maximum absolute atomic E-state index is 13.3. The van der Waals surface area contributed by atoms with E-state index in [0.717, 1.165) is 0 Å². The lowest BCUT2D eigenvalue weighted by atomic mass is 9.91. The van der Waals surface area contributed by atoms with Crippen molar-refractivity contribution in [3.05, 3.63) is 0 Å². The molecule has 0 bridgehead atoms. The molecule has 0 aliphatic heterocycles. The molecule has 35 heavy (non-hydrogen) atoms. The van der Waals surface area contributed by atoms with E-state index in [9.17, 15) is 101 Å². The van der Waals surface area contributed by atoms with Crippen molar-refractivity contribution in [3.63, 3.8) is 0 Å². The second kappa shape index (κ2) is 8.22. The van der Waals surface area contributed by atoms with Gasteiger partial charge in [-0.15, -0.1) is 0 Å². The molecule has 0 rings (SSSR count). The molecule has 0 saturated heterocycles. The second-order valence-corrected chi connectivity index (χ2v) is 7.48. The Morgan fingerprint density at radius 3 is 0.971 bits per heavy atom. The molecule has 3 nitrogen and oxygen atoms in total. The van der Waals surface area contributed by atoms with Crippen LogP contribution in [0, 0.1) is 0 Å². The van der Waals surface area contributed by atoms with Crippen LogP contribution in [0.2, 0.25) is 0 Å². The highest BCUT2D eigenvalue weighted by Gasteiger charge is 2.96. The zero-order valence-corrected chi connectivity index (χ0v) is 15.5. The van der Waals surface area contributed by atoms with E-state index in [0.29, 0.717) is 0 Å². The van der Waals surface area contributed by atoms with Crippen LogP contribution in [-0.4, -0.2) is 67.9 Å². The Bertz CT molecular complexity index is 880. The van der Waals surface area contributed by atoms with Gasteiger partial charge in [0, 0.05) is 0 Å². The Morgan fingerprint density at radius 2 is 0.714 bits per heavy atom. The summed E-state index contributed by atoms with van der Waals surface area (Å²) in [5, 5.41) is -8.40. The highest BCUT2D eigenvalue weighted by Crippen LogP contribution is 2.64. The van der Waals surface area contributed by atoms with Gasteiger partial charge >= 0.3 is 69.6 Å². The number of halogens is 21. The average Bonchev–Trinajstić information content (AvgIpc) is 2.58. The van der Waals surface area contributed by atoms with Gasteiger partial charge in [-0.2, -0.15) is 96.2 Å². The lowest BCUT2D eigenvalue weighted by Gasteiger charge is -2.42. The topological polar surface area (TPSA) is 43.4 Å². The molecule has 0 saturated carbocycles. The van der Waals surface area contributed by atoms with E-state index in [1.165, 1.54) is 0 Å². The third-order valence-electron chi connectivity index (χ3n) is 3.48. The first-order valence-corrected chi connectivity index (χ1v) is 8.38. The van der Waals surface area contributed by atoms with Gasteiger partial charge in [-0.05, 0) is 0 Å². The SMILES string of the molecule is O=S(=O)(OC(F)C(F)(F)F)C(F)(F)C(F)(F)C(F)(F)C(F)(F)C(F)(F)C(F)(F)C(F)(F)C(F)(F)F. The molecule has 0 fully saturated rings. The minimum absolute atomic E-state index is 1.68. The van der Waals surface area contributed by atoms with Crippen LogP contribution in [0.15, 0.2) is 0 Å². The molecule has 1 atom stereocenters. The Kier molecular flexibility index (Phi) is 7.86. The lowest BCUT2D eigenvalue weighted by Crippen LogP contribution is -2.75. The molecule has 0 N–H and O–H groups in total. The molecule has 0 aromatic heterocycles. The van der Waals surface area contributed by atoms with Crippen molar-refractivity contribution in [2.45, 2.75) is 59.5 Å². The van der Waals surface area contributed by atoms with Gasteiger partial charge in [-0.3, -0.25) is 0 Å². The first-order valence-electron chi connectivity index (χ1n) is 6.98. The van der Waals surface area contributed by atoms with Crippen LogP contribution in [-0.2, 0) is 14.3 Å². The summed E-state index contributed by atoms with van der Waals surface area (Å²) in [5.41, 5.74) is 0. The Morgan fingerprint density at radius 1 is 0.457 bits per heavy atom. The number of hydrogen-bond acceptors (Lipinski definition) is 3. The van der Waals surface area contributed by atoms with Crippen LogP contribution in [0.5, 0.6) is 0 Å². The molecule has 25 heteroatoms. The molecule has 0 radical (unpaired) electrons. The molecule has 0 aromatic carbocycles. The van der Waals surface area contributed by atoms with Gasteiger partial charge < -0.3 is 0 Å². The first-order chi connectivity index (χ1) is 14.6. The summed E-state index contributed by atoms with van der Waals surface area (Å²) in [6.45, 7) is 0. The van der Waals surface area contributed by atoms with Crippen molar-refractivity contribution in [2.24, 2.45) is 0 Å². The Hall–Kier alpha value is -1.56. The minimum atomic E-state index is -9.18. The van der Waals surface area contributed by atoms with E-state index in [-0.39, 0.29) is 0 Å². The second-order valence-electron chi connectivity index (χ2n) is 5.87. The van der Waals surface area contributed by atoms with Crippen molar-refractivity contribution in [3.8, 4) is 0 Å². The molecule has 0 aromatic rings. The van der Waals surface area contributed by atoms with Crippen LogP contribution in [0.1, 0.15) is 0 Å². The Balaban J connectivity index is 6.91. The fourth-order valence-corrected chi connectivity index (χ4v) is 2.43. The number of hydrogen-bond donors (Lipinski definition) is 0. The lowest BCUT2D eigenvalue weighted by molar-refractivity contribution is -0.458. The zero-order valence-electron chi connectivity index (χ0n) is 14.6. The highest BCUT2D eigenvalue weighted by molar-refractivity contribution is 7.87. The molecule has 0 amide bonds. The summed E-state index contributed by atoms with van der Waals surface area (Å²) >= 11 is 0. The Labute approximate surface area is 175 Å². The predicted octanol–water partition coefficient (Wildman–Crippen LogP) is 6.16. The smallest absolute Gasteiger partial charge is 0.218 e. The average molecular weight is 600 g/mol. The summed E-state index contributed by atoms with van der Waals surface area (Å²) in [6.07, 6.45) is -20.4. The van der Waals surface area contributed by atoms with Crippen LogP contribution in [0.25, 0.3) is 0 Å². The zero-order chi connectivity index (χ0) is 29.3. The van der Waals surface area contributed by atoms with Gasteiger partial charge in [-0.25, -0.2) is 8.57 Å². The number of rotatable bonds is 9. The van der Waals surface area contributed by atoms with Crippen LogP contribution >= 0.6 is 0 Å². The van der Waals surface area contributed by atoms with E-state index >= 15 is 0 Å². The normalized spacial score (nSPS) is 17.5. The molecule has 212 valence electrons. The van der Waals surface area contributed by atoms with E-state index in [4.69, 9.17) is 0 Å². The van der Waals surface area contributed by atoms with Crippen molar-refractivity contribution < 1.29 is 105 Å².